The molecule has 0 spiro atoms. The number of rotatable bonds is 3. The van der Waals surface area contributed by atoms with Crippen LogP contribution in [0.1, 0.15) is 32.1 Å². The molecule has 1 aliphatic rings. The molecule has 1 nitrogen and oxygen atoms in total. The van der Waals surface area contributed by atoms with Gasteiger partial charge < -0.3 is 0 Å². The van der Waals surface area contributed by atoms with Crippen molar-refractivity contribution in [1.82, 2.24) is 0 Å². The summed E-state index contributed by atoms with van der Waals surface area (Å²) in [6, 6.07) is 0. The van der Waals surface area contributed by atoms with Crippen molar-refractivity contribution in [1.29, 1.82) is 0 Å². The number of allylic oxidation sites excluding steroid dienone is 3. The first-order valence-electron chi connectivity index (χ1n) is 4.17. The standard InChI is InChI=1S/C10H14O/c1-2-6-10(11)9-7-4-3-5-8-9/h2,7H,1,3-6,8H2. The van der Waals surface area contributed by atoms with Gasteiger partial charge >= 0.3 is 0 Å². The Hall–Kier alpha value is -0.850. The number of hydrogen-bond donors (Lipinski definition) is 0. The van der Waals surface area contributed by atoms with Gasteiger partial charge in [-0.15, -0.1) is 6.58 Å². The van der Waals surface area contributed by atoms with Gasteiger partial charge in [-0.1, -0.05) is 12.2 Å². The lowest BCUT2D eigenvalue weighted by atomic mass is 9.95. The van der Waals surface area contributed by atoms with Crippen LogP contribution in [0.2, 0.25) is 0 Å². The van der Waals surface area contributed by atoms with Crippen LogP contribution in [0.3, 0.4) is 0 Å². The third-order valence-corrected chi connectivity index (χ3v) is 1.98. The molecule has 0 heterocycles. The fourth-order valence-corrected chi connectivity index (χ4v) is 1.35. The summed E-state index contributed by atoms with van der Waals surface area (Å²) in [7, 11) is 0. The zero-order chi connectivity index (χ0) is 8.10. The van der Waals surface area contributed by atoms with Crippen molar-refractivity contribution in [3.8, 4) is 0 Å². The molecule has 11 heavy (non-hydrogen) atoms. The Bertz CT molecular complexity index is 189. The van der Waals surface area contributed by atoms with Crippen molar-refractivity contribution in [2.75, 3.05) is 0 Å². The van der Waals surface area contributed by atoms with Gasteiger partial charge in [0.1, 0.15) is 0 Å². The molecular weight excluding hydrogens is 136 g/mol. The van der Waals surface area contributed by atoms with E-state index in [4.69, 9.17) is 0 Å². The zero-order valence-corrected chi connectivity index (χ0v) is 6.81. The molecule has 1 heteroatoms. The summed E-state index contributed by atoms with van der Waals surface area (Å²) in [4.78, 5) is 11.3. The normalized spacial score (nSPS) is 17.3. The van der Waals surface area contributed by atoms with Crippen molar-refractivity contribution >= 4 is 5.78 Å². The van der Waals surface area contributed by atoms with Crippen molar-refractivity contribution in [2.45, 2.75) is 32.1 Å². The quantitative estimate of drug-likeness (QED) is 0.565. The molecule has 0 amide bonds. The summed E-state index contributed by atoms with van der Waals surface area (Å²) in [5, 5.41) is 0. The van der Waals surface area contributed by atoms with E-state index in [0.29, 0.717) is 6.42 Å². The van der Waals surface area contributed by atoms with Gasteiger partial charge in [-0.2, -0.15) is 0 Å². The maximum atomic E-state index is 11.3. The highest BCUT2D eigenvalue weighted by molar-refractivity contribution is 5.96. The minimum atomic E-state index is 0.264. The number of Topliss-reactive ketones (excluding diaryl/α,β-unsaturated/α-hetero) is 1. The maximum absolute atomic E-state index is 11.3. The van der Waals surface area contributed by atoms with Crippen LogP contribution >= 0.6 is 0 Å². The average molecular weight is 150 g/mol. The molecule has 0 bridgehead atoms. The van der Waals surface area contributed by atoms with Crippen molar-refractivity contribution < 1.29 is 4.79 Å². The van der Waals surface area contributed by atoms with Crippen LogP contribution in [0.25, 0.3) is 0 Å². The van der Waals surface area contributed by atoms with Crippen LogP contribution in [-0.2, 0) is 4.79 Å². The van der Waals surface area contributed by atoms with Crippen LogP contribution in [-0.4, -0.2) is 5.78 Å². The van der Waals surface area contributed by atoms with E-state index in [2.05, 4.69) is 12.7 Å². The van der Waals surface area contributed by atoms with E-state index < -0.39 is 0 Å². The van der Waals surface area contributed by atoms with Gasteiger partial charge in [0.05, 0.1) is 0 Å². The second kappa shape index (κ2) is 4.12. The van der Waals surface area contributed by atoms with Gasteiger partial charge in [0.25, 0.3) is 0 Å². The summed E-state index contributed by atoms with van der Waals surface area (Å²) in [6.45, 7) is 3.55. The van der Waals surface area contributed by atoms with Gasteiger partial charge in [0.2, 0.25) is 0 Å². The van der Waals surface area contributed by atoms with Crippen LogP contribution < -0.4 is 0 Å². The lowest BCUT2D eigenvalue weighted by Gasteiger charge is -2.09. The minimum absolute atomic E-state index is 0.264. The summed E-state index contributed by atoms with van der Waals surface area (Å²) in [5.74, 6) is 0.264. The van der Waals surface area contributed by atoms with Gasteiger partial charge in [-0.25, -0.2) is 0 Å². The molecule has 60 valence electrons. The van der Waals surface area contributed by atoms with Gasteiger partial charge in [-0.05, 0) is 31.3 Å². The Morgan fingerprint density at radius 1 is 1.64 bits per heavy atom. The summed E-state index contributed by atoms with van der Waals surface area (Å²) >= 11 is 0. The third kappa shape index (κ3) is 2.34. The molecule has 0 fully saturated rings. The predicted octanol–water partition coefficient (Wildman–Crippen LogP) is 2.63. The van der Waals surface area contributed by atoms with Gasteiger partial charge in [-0.3, -0.25) is 4.79 Å². The Morgan fingerprint density at radius 2 is 2.45 bits per heavy atom. The van der Waals surface area contributed by atoms with Crippen LogP contribution in [0, 0.1) is 0 Å². The lowest BCUT2D eigenvalue weighted by Crippen LogP contribution is -2.03. The molecular formula is C10H14O. The zero-order valence-electron chi connectivity index (χ0n) is 6.81. The SMILES string of the molecule is C=CCC(=O)C1=CCCCC1. The largest absolute Gasteiger partial charge is 0.294 e. The van der Waals surface area contributed by atoms with Crippen LogP contribution in [0.5, 0.6) is 0 Å². The van der Waals surface area contributed by atoms with Crippen LogP contribution in [0.15, 0.2) is 24.3 Å². The summed E-state index contributed by atoms with van der Waals surface area (Å²) in [6.07, 6.45) is 8.74. The third-order valence-electron chi connectivity index (χ3n) is 1.98. The highest BCUT2D eigenvalue weighted by Gasteiger charge is 2.09. The van der Waals surface area contributed by atoms with Crippen LogP contribution in [0.4, 0.5) is 0 Å². The number of ketones is 1. The summed E-state index contributed by atoms with van der Waals surface area (Å²) in [5.41, 5.74) is 1.02. The van der Waals surface area contributed by atoms with E-state index in [1.165, 1.54) is 12.8 Å². The Morgan fingerprint density at radius 3 is 3.00 bits per heavy atom. The Balaban J connectivity index is 2.50. The predicted molar refractivity (Wildman–Crippen MR) is 46.4 cm³/mol. The smallest absolute Gasteiger partial charge is 0.162 e. The first kappa shape index (κ1) is 8.25. The maximum Gasteiger partial charge on any atom is 0.162 e. The second-order valence-electron chi connectivity index (χ2n) is 2.89. The molecule has 0 saturated carbocycles. The van der Waals surface area contributed by atoms with E-state index in [1.54, 1.807) is 6.08 Å². The monoisotopic (exact) mass is 150 g/mol. The molecule has 0 aromatic rings. The molecule has 1 aliphatic carbocycles. The molecule has 0 aromatic carbocycles. The van der Waals surface area contributed by atoms with E-state index in [1.807, 2.05) is 0 Å². The van der Waals surface area contributed by atoms with Gasteiger partial charge in [0, 0.05) is 6.42 Å². The van der Waals surface area contributed by atoms with Crippen molar-refractivity contribution in [3.05, 3.63) is 24.3 Å². The van der Waals surface area contributed by atoms with Gasteiger partial charge in [0.15, 0.2) is 5.78 Å². The molecule has 0 unspecified atom stereocenters. The molecule has 0 aliphatic heterocycles. The minimum Gasteiger partial charge on any atom is -0.294 e. The first-order valence-corrected chi connectivity index (χ1v) is 4.17. The van der Waals surface area contributed by atoms with Crippen molar-refractivity contribution in [3.63, 3.8) is 0 Å². The molecule has 0 saturated heterocycles. The Labute approximate surface area is 67.8 Å². The summed E-state index contributed by atoms with van der Waals surface area (Å²) < 4.78 is 0. The number of carbonyl (C=O) groups is 1. The van der Waals surface area contributed by atoms with E-state index >= 15 is 0 Å². The highest BCUT2D eigenvalue weighted by Crippen LogP contribution is 2.18. The molecule has 0 N–H and O–H groups in total. The molecule has 0 aromatic heterocycles. The first-order chi connectivity index (χ1) is 5.34. The fourth-order valence-electron chi connectivity index (χ4n) is 1.35. The Kier molecular flexibility index (Phi) is 3.09. The second-order valence-corrected chi connectivity index (χ2v) is 2.89. The van der Waals surface area contributed by atoms with Crippen molar-refractivity contribution in [2.24, 2.45) is 0 Å². The van der Waals surface area contributed by atoms with E-state index in [0.717, 1.165) is 18.4 Å². The fraction of sp³-hybridized carbons (Fsp3) is 0.500. The van der Waals surface area contributed by atoms with E-state index in [9.17, 15) is 4.79 Å². The number of carbonyl (C=O) groups excluding carboxylic acids is 1. The molecule has 0 radical (unpaired) electrons. The highest BCUT2D eigenvalue weighted by atomic mass is 16.1. The number of hydrogen-bond acceptors (Lipinski definition) is 1. The lowest BCUT2D eigenvalue weighted by molar-refractivity contribution is -0.115. The molecule has 0 atom stereocenters. The molecule has 1 rings (SSSR count). The topological polar surface area (TPSA) is 17.1 Å². The van der Waals surface area contributed by atoms with E-state index in [-0.39, 0.29) is 5.78 Å². The average Bonchev–Trinajstić information content (AvgIpc) is 2.07.